The van der Waals surface area contributed by atoms with Crippen LogP contribution >= 0.6 is 0 Å². The summed E-state index contributed by atoms with van der Waals surface area (Å²) < 4.78 is 5.53. The lowest BCUT2D eigenvalue weighted by molar-refractivity contribution is 0.0577. The number of benzene rings is 1. The van der Waals surface area contributed by atoms with Gasteiger partial charge in [0.25, 0.3) is 0 Å². The van der Waals surface area contributed by atoms with Gasteiger partial charge in [-0.25, -0.2) is 0 Å². The number of hydrogen-bond acceptors (Lipinski definition) is 3. The van der Waals surface area contributed by atoms with Crippen molar-refractivity contribution in [2.45, 2.75) is 19.8 Å². The summed E-state index contributed by atoms with van der Waals surface area (Å²) in [6.45, 7) is 2.50. The molecule has 16 heavy (non-hydrogen) atoms. The second kappa shape index (κ2) is 6.51. The molecule has 0 aromatic heterocycles. The van der Waals surface area contributed by atoms with Crippen molar-refractivity contribution < 1.29 is 14.9 Å². The largest absolute Gasteiger partial charge is 0.494 e. The number of rotatable bonds is 7. The third-order valence-electron chi connectivity index (χ3n) is 2.70. The normalized spacial score (nSPS) is 11.4. The van der Waals surface area contributed by atoms with Gasteiger partial charge in [0, 0.05) is 5.41 Å². The first-order chi connectivity index (χ1) is 7.70. The van der Waals surface area contributed by atoms with Gasteiger partial charge in [0.2, 0.25) is 0 Å². The zero-order valence-electron chi connectivity index (χ0n) is 9.72. The van der Waals surface area contributed by atoms with Crippen LogP contribution in [0.3, 0.4) is 0 Å². The molecule has 3 heteroatoms. The number of aliphatic hydroxyl groups excluding tert-OH is 2. The Balaban J connectivity index is 2.22. The van der Waals surface area contributed by atoms with Gasteiger partial charge < -0.3 is 14.9 Å². The van der Waals surface area contributed by atoms with E-state index >= 15 is 0 Å². The number of hydrogen-bond donors (Lipinski definition) is 2. The fraction of sp³-hybridized carbons (Fsp3) is 0.538. The third-order valence-corrected chi connectivity index (χ3v) is 2.70. The fourth-order valence-electron chi connectivity index (χ4n) is 1.41. The maximum atomic E-state index is 9.10. The minimum Gasteiger partial charge on any atom is -0.494 e. The Hall–Kier alpha value is -1.06. The number of aliphatic hydroxyl groups is 2. The molecule has 1 aromatic carbocycles. The Morgan fingerprint density at radius 3 is 2.31 bits per heavy atom. The number of para-hydroxylation sites is 1. The van der Waals surface area contributed by atoms with Gasteiger partial charge in [-0.2, -0.15) is 0 Å². The van der Waals surface area contributed by atoms with E-state index in [1.807, 2.05) is 37.3 Å². The van der Waals surface area contributed by atoms with E-state index in [4.69, 9.17) is 14.9 Å². The van der Waals surface area contributed by atoms with E-state index in [2.05, 4.69) is 0 Å². The van der Waals surface area contributed by atoms with Crippen LogP contribution < -0.4 is 4.74 Å². The summed E-state index contributed by atoms with van der Waals surface area (Å²) in [5.74, 6) is 0.859. The maximum absolute atomic E-state index is 9.10. The van der Waals surface area contributed by atoms with E-state index in [9.17, 15) is 0 Å². The molecule has 0 fully saturated rings. The third kappa shape index (κ3) is 4.21. The summed E-state index contributed by atoms with van der Waals surface area (Å²) in [5, 5.41) is 18.2. The van der Waals surface area contributed by atoms with Crippen LogP contribution in [0.2, 0.25) is 0 Å². The van der Waals surface area contributed by atoms with Gasteiger partial charge in [-0.05, 0) is 25.0 Å². The van der Waals surface area contributed by atoms with Crippen molar-refractivity contribution >= 4 is 0 Å². The molecule has 0 aliphatic rings. The summed E-state index contributed by atoms with van der Waals surface area (Å²) in [7, 11) is 0. The second-order valence-corrected chi connectivity index (χ2v) is 4.39. The molecule has 0 aliphatic carbocycles. The van der Waals surface area contributed by atoms with Gasteiger partial charge in [0.05, 0.1) is 19.8 Å². The van der Waals surface area contributed by atoms with Crippen molar-refractivity contribution in [2.24, 2.45) is 5.41 Å². The van der Waals surface area contributed by atoms with Crippen LogP contribution in [0.1, 0.15) is 19.8 Å². The molecule has 0 aliphatic heterocycles. The summed E-state index contributed by atoms with van der Waals surface area (Å²) in [5.41, 5.74) is -0.389. The highest BCUT2D eigenvalue weighted by atomic mass is 16.5. The first kappa shape index (κ1) is 13.0. The van der Waals surface area contributed by atoms with Crippen LogP contribution in [0.5, 0.6) is 5.75 Å². The lowest BCUT2D eigenvalue weighted by Gasteiger charge is -2.24. The Bertz CT molecular complexity index is 280. The van der Waals surface area contributed by atoms with Crippen LogP contribution in [0.15, 0.2) is 30.3 Å². The first-order valence-corrected chi connectivity index (χ1v) is 5.60. The van der Waals surface area contributed by atoms with Gasteiger partial charge in [0.15, 0.2) is 0 Å². The van der Waals surface area contributed by atoms with Gasteiger partial charge in [-0.1, -0.05) is 25.1 Å². The highest BCUT2D eigenvalue weighted by Crippen LogP contribution is 2.21. The molecule has 0 heterocycles. The minimum atomic E-state index is -0.389. The van der Waals surface area contributed by atoms with Crippen molar-refractivity contribution in [1.29, 1.82) is 0 Å². The van der Waals surface area contributed by atoms with Gasteiger partial charge in [0.1, 0.15) is 5.75 Å². The zero-order valence-corrected chi connectivity index (χ0v) is 9.72. The van der Waals surface area contributed by atoms with Crippen molar-refractivity contribution in [1.82, 2.24) is 0 Å². The predicted octanol–water partition coefficient (Wildman–Crippen LogP) is 1.84. The SMILES string of the molecule is CC(CO)(CO)CCCOc1ccccc1. The summed E-state index contributed by atoms with van der Waals surface area (Å²) in [4.78, 5) is 0. The van der Waals surface area contributed by atoms with Crippen molar-refractivity contribution in [3.8, 4) is 5.75 Å². The molecule has 1 aromatic rings. The highest BCUT2D eigenvalue weighted by molar-refractivity contribution is 5.20. The molecule has 1 rings (SSSR count). The second-order valence-electron chi connectivity index (χ2n) is 4.39. The van der Waals surface area contributed by atoms with E-state index in [0.29, 0.717) is 6.61 Å². The van der Waals surface area contributed by atoms with Crippen molar-refractivity contribution in [3.63, 3.8) is 0 Å². The van der Waals surface area contributed by atoms with E-state index in [1.54, 1.807) is 0 Å². The predicted molar refractivity (Wildman–Crippen MR) is 63.4 cm³/mol. The summed E-state index contributed by atoms with van der Waals surface area (Å²) in [6, 6.07) is 9.64. The van der Waals surface area contributed by atoms with E-state index in [1.165, 1.54) is 0 Å². The molecule has 0 saturated heterocycles. The van der Waals surface area contributed by atoms with E-state index in [-0.39, 0.29) is 18.6 Å². The van der Waals surface area contributed by atoms with Crippen LogP contribution in [-0.2, 0) is 0 Å². The van der Waals surface area contributed by atoms with Gasteiger partial charge in [-0.15, -0.1) is 0 Å². The monoisotopic (exact) mass is 224 g/mol. The Kier molecular flexibility index (Phi) is 5.29. The molecule has 0 bridgehead atoms. The van der Waals surface area contributed by atoms with E-state index < -0.39 is 0 Å². The van der Waals surface area contributed by atoms with E-state index in [0.717, 1.165) is 18.6 Å². The van der Waals surface area contributed by atoms with Crippen molar-refractivity contribution in [3.05, 3.63) is 30.3 Å². The van der Waals surface area contributed by atoms with Crippen LogP contribution in [0, 0.1) is 5.41 Å². The Labute approximate surface area is 96.7 Å². The summed E-state index contributed by atoms with van der Waals surface area (Å²) >= 11 is 0. The van der Waals surface area contributed by atoms with Crippen molar-refractivity contribution in [2.75, 3.05) is 19.8 Å². The van der Waals surface area contributed by atoms with Crippen LogP contribution in [-0.4, -0.2) is 30.0 Å². The first-order valence-electron chi connectivity index (χ1n) is 5.60. The molecular formula is C13H20O3. The highest BCUT2D eigenvalue weighted by Gasteiger charge is 2.21. The lowest BCUT2D eigenvalue weighted by atomic mass is 9.87. The Morgan fingerprint density at radius 2 is 1.75 bits per heavy atom. The molecule has 0 atom stereocenters. The summed E-state index contributed by atoms with van der Waals surface area (Å²) in [6.07, 6.45) is 1.58. The van der Waals surface area contributed by atoms with Gasteiger partial charge >= 0.3 is 0 Å². The standard InChI is InChI=1S/C13H20O3/c1-13(10-14,11-15)8-5-9-16-12-6-3-2-4-7-12/h2-4,6-7,14-15H,5,8-11H2,1H3. The topological polar surface area (TPSA) is 49.7 Å². The quantitative estimate of drug-likeness (QED) is 0.695. The average Bonchev–Trinajstić information content (AvgIpc) is 2.36. The molecule has 0 radical (unpaired) electrons. The molecule has 2 N–H and O–H groups in total. The molecular weight excluding hydrogens is 204 g/mol. The molecule has 0 unspecified atom stereocenters. The molecule has 0 saturated carbocycles. The fourth-order valence-corrected chi connectivity index (χ4v) is 1.41. The minimum absolute atomic E-state index is 0.00877. The van der Waals surface area contributed by atoms with Crippen LogP contribution in [0.25, 0.3) is 0 Å². The molecule has 90 valence electrons. The Morgan fingerprint density at radius 1 is 1.12 bits per heavy atom. The zero-order chi connectivity index (χ0) is 11.9. The lowest BCUT2D eigenvalue weighted by Crippen LogP contribution is -2.26. The maximum Gasteiger partial charge on any atom is 0.119 e. The smallest absolute Gasteiger partial charge is 0.119 e. The molecule has 3 nitrogen and oxygen atoms in total. The van der Waals surface area contributed by atoms with Gasteiger partial charge in [-0.3, -0.25) is 0 Å². The molecule has 0 amide bonds. The average molecular weight is 224 g/mol. The van der Waals surface area contributed by atoms with Crippen LogP contribution in [0.4, 0.5) is 0 Å². The number of ether oxygens (including phenoxy) is 1. The molecule has 0 spiro atoms.